The lowest BCUT2D eigenvalue weighted by Crippen LogP contribution is -2.40. The number of nitrogens with one attached hydrogen (secondary N) is 3. The van der Waals surface area contributed by atoms with Crippen LogP contribution in [0.3, 0.4) is 0 Å². The van der Waals surface area contributed by atoms with Gasteiger partial charge in [0.05, 0.1) is 89.5 Å². The van der Waals surface area contributed by atoms with Gasteiger partial charge in [0.15, 0.2) is 0 Å². The van der Waals surface area contributed by atoms with Crippen molar-refractivity contribution in [2.24, 2.45) is 0 Å². The van der Waals surface area contributed by atoms with E-state index >= 15 is 0 Å². The number of pyridine rings is 1. The predicted molar refractivity (Wildman–Crippen MR) is 247 cm³/mol. The van der Waals surface area contributed by atoms with Gasteiger partial charge in [0.1, 0.15) is 0 Å². The first-order valence-corrected chi connectivity index (χ1v) is 23.0. The molecule has 3 amide bonds. The van der Waals surface area contributed by atoms with Crippen molar-refractivity contribution in [1.29, 1.82) is 0 Å². The molecular formula is C48H63N5O9S. The van der Waals surface area contributed by atoms with E-state index < -0.39 is 6.04 Å². The number of benzene rings is 3. The number of nitrogens with zero attached hydrogens (tertiary/aromatic N) is 2. The summed E-state index contributed by atoms with van der Waals surface area (Å²) in [6.07, 6.45) is 4.72. The molecule has 0 saturated heterocycles. The number of aliphatic hydroxyl groups excluding tert-OH is 2. The van der Waals surface area contributed by atoms with Gasteiger partial charge in [0.25, 0.3) is 11.8 Å². The van der Waals surface area contributed by atoms with E-state index in [2.05, 4.69) is 51.8 Å². The minimum atomic E-state index is -0.655. The molecule has 3 aromatic carbocycles. The summed E-state index contributed by atoms with van der Waals surface area (Å²) in [6, 6.07) is 24.7. The monoisotopic (exact) mass is 885 g/mol. The van der Waals surface area contributed by atoms with E-state index in [9.17, 15) is 14.4 Å². The molecule has 1 aromatic heterocycles. The molecule has 1 heterocycles. The van der Waals surface area contributed by atoms with E-state index in [0.717, 1.165) is 60.7 Å². The van der Waals surface area contributed by atoms with Gasteiger partial charge in [-0.25, -0.2) is 0 Å². The number of rotatable bonds is 28. The van der Waals surface area contributed by atoms with E-state index in [-0.39, 0.29) is 50.0 Å². The largest absolute Gasteiger partial charge is 0.394 e. The quantitative estimate of drug-likeness (QED) is 0.0433. The van der Waals surface area contributed by atoms with Gasteiger partial charge < -0.3 is 50.0 Å². The highest BCUT2D eigenvalue weighted by Gasteiger charge is 2.23. The molecule has 340 valence electrons. The molecule has 63 heavy (non-hydrogen) atoms. The van der Waals surface area contributed by atoms with Crippen molar-refractivity contribution in [3.8, 4) is 11.3 Å². The number of ether oxygens (including phenoxy) is 4. The summed E-state index contributed by atoms with van der Waals surface area (Å²) in [5, 5.41) is 26.9. The van der Waals surface area contributed by atoms with Crippen molar-refractivity contribution in [2.75, 3.05) is 95.1 Å². The maximum absolute atomic E-state index is 13.8. The van der Waals surface area contributed by atoms with Gasteiger partial charge >= 0.3 is 0 Å². The molecule has 4 aromatic rings. The van der Waals surface area contributed by atoms with Crippen LogP contribution in [0.2, 0.25) is 0 Å². The fourth-order valence-electron chi connectivity index (χ4n) is 7.18. The zero-order chi connectivity index (χ0) is 44.7. The number of aliphatic hydroxyl groups is 2. The van der Waals surface area contributed by atoms with Crippen LogP contribution in [0.4, 0.5) is 11.4 Å². The van der Waals surface area contributed by atoms with E-state index in [4.69, 9.17) is 29.2 Å². The Morgan fingerprint density at radius 1 is 0.794 bits per heavy atom. The van der Waals surface area contributed by atoms with Gasteiger partial charge in [-0.15, -0.1) is 0 Å². The van der Waals surface area contributed by atoms with Crippen LogP contribution in [-0.2, 0) is 35.9 Å². The molecule has 0 radical (unpaired) electrons. The minimum Gasteiger partial charge on any atom is -0.394 e. The lowest BCUT2D eigenvalue weighted by molar-refractivity contribution is -0.123. The predicted octanol–water partition coefficient (Wildman–Crippen LogP) is 5.81. The fraction of sp³-hybridized carbons (Fsp3) is 0.458. The SMILES string of the molecule is CCN(CC)c1ccc(NC(=O)c2cccc(CSCCOCCOCCOCCOCCC(=O)NC(CO)CO)c2)c(-c2cc(C(=O)NC3CCCc4ccccc43)ccn2)c1. The first kappa shape index (κ1) is 49.2. The van der Waals surface area contributed by atoms with Crippen LogP contribution in [-0.4, -0.2) is 124 Å². The number of aryl methyl sites for hydroxylation is 1. The summed E-state index contributed by atoms with van der Waals surface area (Å²) in [5.74, 6) is 0.817. The van der Waals surface area contributed by atoms with Crippen LogP contribution >= 0.6 is 11.8 Å². The van der Waals surface area contributed by atoms with Crippen molar-refractivity contribution < 1.29 is 43.5 Å². The van der Waals surface area contributed by atoms with E-state index in [1.807, 2.05) is 54.6 Å². The fourth-order valence-corrected chi connectivity index (χ4v) is 7.98. The maximum atomic E-state index is 13.8. The molecule has 0 spiro atoms. The van der Waals surface area contributed by atoms with Gasteiger partial charge in [-0.3, -0.25) is 19.4 Å². The summed E-state index contributed by atoms with van der Waals surface area (Å²) in [6.45, 7) is 8.47. The molecule has 0 fully saturated rings. The Bertz CT molecular complexity index is 2030. The highest BCUT2D eigenvalue weighted by atomic mass is 32.2. The van der Waals surface area contributed by atoms with Gasteiger partial charge in [0, 0.05) is 59.6 Å². The number of hydrogen-bond donors (Lipinski definition) is 5. The average molecular weight is 886 g/mol. The highest BCUT2D eigenvalue weighted by molar-refractivity contribution is 7.98. The molecule has 1 aliphatic rings. The number of anilines is 2. The molecular weight excluding hydrogens is 823 g/mol. The zero-order valence-electron chi connectivity index (χ0n) is 36.5. The van der Waals surface area contributed by atoms with Gasteiger partial charge in [0.2, 0.25) is 5.91 Å². The van der Waals surface area contributed by atoms with E-state index in [0.29, 0.717) is 68.8 Å². The lowest BCUT2D eigenvalue weighted by atomic mass is 9.87. The lowest BCUT2D eigenvalue weighted by Gasteiger charge is -2.26. The Hall–Kier alpha value is -4.87. The maximum Gasteiger partial charge on any atom is 0.255 e. The third-order valence-corrected chi connectivity index (χ3v) is 11.6. The number of carbonyl (C=O) groups is 3. The number of fused-ring (bicyclic) bond motifs is 1. The van der Waals surface area contributed by atoms with Crippen molar-refractivity contribution >= 4 is 40.9 Å². The summed E-state index contributed by atoms with van der Waals surface area (Å²) < 4.78 is 22.1. The van der Waals surface area contributed by atoms with Crippen molar-refractivity contribution in [1.82, 2.24) is 15.6 Å². The molecule has 1 unspecified atom stereocenters. The Kier molecular flexibility index (Phi) is 21.3. The second-order valence-electron chi connectivity index (χ2n) is 15.0. The van der Waals surface area contributed by atoms with Crippen LogP contribution in [0.1, 0.15) is 76.6 Å². The van der Waals surface area contributed by atoms with Crippen molar-refractivity contribution in [3.63, 3.8) is 0 Å². The molecule has 0 aliphatic heterocycles. The van der Waals surface area contributed by atoms with Gasteiger partial charge in [-0.1, -0.05) is 36.4 Å². The van der Waals surface area contributed by atoms with Crippen LogP contribution in [0.15, 0.2) is 85.1 Å². The number of amides is 3. The number of carbonyl (C=O) groups excluding carboxylic acids is 3. The second kappa shape index (κ2) is 27.3. The molecule has 0 bridgehead atoms. The summed E-state index contributed by atoms with van der Waals surface area (Å²) >= 11 is 1.72. The Morgan fingerprint density at radius 2 is 1.49 bits per heavy atom. The van der Waals surface area contributed by atoms with Crippen molar-refractivity contribution in [3.05, 3.63) is 113 Å². The van der Waals surface area contributed by atoms with Crippen LogP contribution in [0.5, 0.6) is 0 Å². The Morgan fingerprint density at radius 3 is 2.22 bits per heavy atom. The number of hydrogen-bond acceptors (Lipinski definition) is 12. The highest BCUT2D eigenvalue weighted by Crippen LogP contribution is 2.33. The standard InChI is InChI=1S/C48H63N5O9S/c1-3-53(4-2)40-15-16-44(42(31-40)45-30-38(17-19-49-45)48(58)51-43-14-8-11-36-10-5-6-13-41(36)43)52-47(57)37-12-7-9-35(29-37)34-63-28-27-62-26-25-61-24-23-60-22-21-59-20-18-46(56)50-39(32-54)33-55/h5-7,9-10,12-13,15-17,19,29-31,39,43,54-55H,3-4,8,11,14,18,20-28,32-34H2,1-2H3,(H,50,56)(H,51,58)(H,52,57). The van der Waals surface area contributed by atoms with E-state index in [1.54, 1.807) is 30.1 Å². The Labute approximate surface area is 375 Å². The third kappa shape index (κ3) is 16.0. The smallest absolute Gasteiger partial charge is 0.255 e. The van der Waals surface area contributed by atoms with Crippen LogP contribution < -0.4 is 20.9 Å². The average Bonchev–Trinajstić information content (AvgIpc) is 3.31. The second-order valence-corrected chi connectivity index (χ2v) is 16.1. The molecule has 14 nitrogen and oxygen atoms in total. The molecule has 15 heteroatoms. The van der Waals surface area contributed by atoms with E-state index in [1.165, 1.54) is 11.1 Å². The van der Waals surface area contributed by atoms with Crippen LogP contribution in [0.25, 0.3) is 11.3 Å². The van der Waals surface area contributed by atoms with Crippen molar-refractivity contribution in [2.45, 2.75) is 57.4 Å². The van der Waals surface area contributed by atoms with Crippen LogP contribution in [0, 0.1) is 0 Å². The van der Waals surface area contributed by atoms with Gasteiger partial charge in [-0.05, 0) is 92.3 Å². The summed E-state index contributed by atoms with van der Waals surface area (Å²) in [5.41, 5.74) is 7.47. The molecule has 0 saturated carbocycles. The topological polar surface area (TPSA) is 181 Å². The zero-order valence-corrected chi connectivity index (χ0v) is 37.3. The number of aromatic nitrogens is 1. The summed E-state index contributed by atoms with van der Waals surface area (Å²) in [7, 11) is 0. The molecule has 1 atom stereocenters. The Balaban J connectivity index is 1.04. The van der Waals surface area contributed by atoms with Gasteiger partial charge in [-0.2, -0.15) is 11.8 Å². The number of thioether (sulfide) groups is 1. The molecule has 5 rings (SSSR count). The third-order valence-electron chi connectivity index (χ3n) is 10.6. The summed E-state index contributed by atoms with van der Waals surface area (Å²) in [4.78, 5) is 46.0. The molecule has 5 N–H and O–H groups in total. The first-order chi connectivity index (χ1) is 30.8. The minimum absolute atomic E-state index is 0.0475. The molecule has 1 aliphatic carbocycles. The normalized spacial score (nSPS) is 13.4. The first-order valence-electron chi connectivity index (χ1n) is 21.9.